The van der Waals surface area contributed by atoms with Crippen LogP contribution in [0, 0.1) is 6.92 Å². The van der Waals surface area contributed by atoms with Crippen LogP contribution in [0.4, 0.5) is 5.69 Å². The Kier molecular flexibility index (Phi) is 4.52. The number of nitrogens with zero attached hydrogens (tertiary/aromatic N) is 3. The van der Waals surface area contributed by atoms with Gasteiger partial charge in [-0.1, -0.05) is 12.1 Å². The van der Waals surface area contributed by atoms with Gasteiger partial charge < -0.3 is 5.32 Å². The fourth-order valence-corrected chi connectivity index (χ4v) is 2.96. The van der Waals surface area contributed by atoms with E-state index in [4.69, 9.17) is 0 Å². The fourth-order valence-electron chi connectivity index (χ4n) is 2.34. The van der Waals surface area contributed by atoms with Crippen molar-refractivity contribution in [2.45, 2.75) is 26.3 Å². The molecular weight excluding hydrogens is 308 g/mol. The summed E-state index contributed by atoms with van der Waals surface area (Å²) in [7, 11) is 0. The van der Waals surface area contributed by atoms with Crippen LogP contribution in [0.1, 0.15) is 24.4 Å². The van der Waals surface area contributed by atoms with E-state index in [9.17, 15) is 4.79 Å². The lowest BCUT2D eigenvalue weighted by Gasteiger charge is -2.12. The molecule has 1 amide bonds. The Hall–Kier alpha value is -2.47. The third kappa shape index (κ3) is 3.84. The van der Waals surface area contributed by atoms with Gasteiger partial charge >= 0.3 is 0 Å². The number of anilines is 1. The van der Waals surface area contributed by atoms with Gasteiger partial charge in [0.15, 0.2) is 0 Å². The van der Waals surface area contributed by atoms with Gasteiger partial charge in [-0.3, -0.25) is 9.48 Å². The molecule has 0 saturated carbocycles. The molecule has 2 heterocycles. The monoisotopic (exact) mass is 326 g/mol. The Labute approximate surface area is 139 Å². The van der Waals surface area contributed by atoms with Gasteiger partial charge in [0, 0.05) is 35.4 Å². The van der Waals surface area contributed by atoms with Crippen molar-refractivity contribution in [1.29, 1.82) is 0 Å². The number of aromatic nitrogens is 3. The van der Waals surface area contributed by atoms with E-state index in [1.807, 2.05) is 55.8 Å². The van der Waals surface area contributed by atoms with Gasteiger partial charge in [0.05, 0.1) is 16.7 Å². The summed E-state index contributed by atoms with van der Waals surface area (Å²) in [5.41, 5.74) is 2.81. The molecule has 5 nitrogen and oxygen atoms in total. The quantitative estimate of drug-likeness (QED) is 0.773. The van der Waals surface area contributed by atoms with Crippen molar-refractivity contribution in [2.75, 3.05) is 5.32 Å². The maximum absolute atomic E-state index is 12.1. The molecule has 0 aliphatic carbocycles. The molecule has 0 unspecified atom stereocenters. The minimum atomic E-state index is -0.0229. The summed E-state index contributed by atoms with van der Waals surface area (Å²) in [6.45, 7) is 3.96. The first-order valence-electron chi connectivity index (χ1n) is 7.43. The van der Waals surface area contributed by atoms with Gasteiger partial charge in [0.25, 0.3) is 0 Å². The highest BCUT2D eigenvalue weighted by Gasteiger charge is 2.11. The Morgan fingerprint density at radius 3 is 2.74 bits per heavy atom. The van der Waals surface area contributed by atoms with E-state index in [0.29, 0.717) is 6.42 Å². The van der Waals surface area contributed by atoms with Crippen LogP contribution in [0.5, 0.6) is 0 Å². The lowest BCUT2D eigenvalue weighted by molar-refractivity contribution is -0.116. The summed E-state index contributed by atoms with van der Waals surface area (Å²) in [4.78, 5) is 16.6. The molecule has 23 heavy (non-hydrogen) atoms. The largest absolute Gasteiger partial charge is 0.326 e. The van der Waals surface area contributed by atoms with Crippen LogP contribution >= 0.6 is 11.3 Å². The number of carbonyl (C=O) groups is 1. The molecule has 0 spiro atoms. The van der Waals surface area contributed by atoms with Gasteiger partial charge in [-0.15, -0.1) is 11.3 Å². The molecule has 118 valence electrons. The predicted molar refractivity (Wildman–Crippen MR) is 92.5 cm³/mol. The van der Waals surface area contributed by atoms with Gasteiger partial charge in [-0.25, -0.2) is 4.98 Å². The highest BCUT2D eigenvalue weighted by Crippen LogP contribution is 2.23. The molecule has 3 rings (SSSR count). The second-order valence-corrected chi connectivity index (χ2v) is 6.48. The molecule has 0 bridgehead atoms. The maximum Gasteiger partial charge on any atom is 0.226 e. The van der Waals surface area contributed by atoms with Gasteiger partial charge in [-0.2, -0.15) is 5.10 Å². The number of thiazole rings is 1. The lowest BCUT2D eigenvalue weighted by atomic mass is 10.1. The highest BCUT2D eigenvalue weighted by molar-refractivity contribution is 7.09. The molecule has 2 aromatic heterocycles. The molecule has 0 saturated heterocycles. The summed E-state index contributed by atoms with van der Waals surface area (Å²) >= 11 is 1.63. The minimum absolute atomic E-state index is 0.0229. The van der Waals surface area contributed by atoms with Crippen LogP contribution < -0.4 is 5.32 Å². The SMILES string of the molecule is Cc1nc(-c2ccc(NC(=O)C[C@H](C)n3cccn3)cc2)cs1. The van der Waals surface area contributed by atoms with Crippen molar-refractivity contribution in [3.05, 3.63) is 53.1 Å². The molecular formula is C17H18N4OS. The fraction of sp³-hybridized carbons (Fsp3) is 0.235. The highest BCUT2D eigenvalue weighted by atomic mass is 32.1. The Balaban J connectivity index is 1.60. The van der Waals surface area contributed by atoms with Crippen molar-refractivity contribution < 1.29 is 4.79 Å². The van der Waals surface area contributed by atoms with Crippen molar-refractivity contribution in [1.82, 2.24) is 14.8 Å². The van der Waals surface area contributed by atoms with E-state index >= 15 is 0 Å². The smallest absolute Gasteiger partial charge is 0.226 e. The molecule has 0 radical (unpaired) electrons. The summed E-state index contributed by atoms with van der Waals surface area (Å²) in [6.07, 6.45) is 3.96. The Bertz CT molecular complexity index is 777. The number of amides is 1. The van der Waals surface area contributed by atoms with Crippen molar-refractivity contribution in [3.63, 3.8) is 0 Å². The molecule has 0 aliphatic rings. The first kappa shape index (κ1) is 15.4. The summed E-state index contributed by atoms with van der Waals surface area (Å²) in [6, 6.07) is 9.64. The summed E-state index contributed by atoms with van der Waals surface area (Å²) in [5.74, 6) is -0.0229. The Morgan fingerprint density at radius 1 is 1.35 bits per heavy atom. The van der Waals surface area contributed by atoms with E-state index in [1.165, 1.54) is 0 Å². The third-order valence-corrected chi connectivity index (χ3v) is 4.31. The first-order chi connectivity index (χ1) is 11.1. The van der Waals surface area contributed by atoms with Crippen LogP contribution in [0.25, 0.3) is 11.3 Å². The number of nitrogens with one attached hydrogen (secondary N) is 1. The number of aryl methyl sites for hydroxylation is 1. The van der Waals surface area contributed by atoms with E-state index in [2.05, 4.69) is 15.4 Å². The van der Waals surface area contributed by atoms with Crippen LogP contribution in [-0.4, -0.2) is 20.7 Å². The van der Waals surface area contributed by atoms with Crippen molar-refractivity contribution >= 4 is 22.9 Å². The molecule has 6 heteroatoms. The van der Waals surface area contributed by atoms with Crippen LogP contribution in [0.2, 0.25) is 0 Å². The average molecular weight is 326 g/mol. The van der Waals surface area contributed by atoms with E-state index in [0.717, 1.165) is 22.0 Å². The number of benzene rings is 1. The second-order valence-electron chi connectivity index (χ2n) is 5.42. The van der Waals surface area contributed by atoms with E-state index < -0.39 is 0 Å². The standard InChI is InChI=1S/C17H18N4OS/c1-12(21-9-3-8-18-21)10-17(22)20-15-6-4-14(5-7-15)16-11-23-13(2)19-16/h3-9,11-12H,10H2,1-2H3,(H,20,22)/t12-/m0/s1. The number of rotatable bonds is 5. The van der Waals surface area contributed by atoms with Crippen LogP contribution in [0.15, 0.2) is 48.1 Å². The maximum atomic E-state index is 12.1. The van der Waals surface area contributed by atoms with Crippen LogP contribution in [0.3, 0.4) is 0 Å². The lowest BCUT2D eigenvalue weighted by Crippen LogP contribution is -2.17. The average Bonchev–Trinajstić information content (AvgIpc) is 3.19. The molecule has 0 fully saturated rings. The molecule has 3 aromatic rings. The van der Waals surface area contributed by atoms with Crippen molar-refractivity contribution in [2.24, 2.45) is 0 Å². The zero-order chi connectivity index (χ0) is 16.2. The van der Waals surface area contributed by atoms with E-state index in [-0.39, 0.29) is 11.9 Å². The molecule has 1 atom stereocenters. The predicted octanol–water partition coefficient (Wildman–Crippen LogP) is 3.90. The normalized spacial score (nSPS) is 12.1. The van der Waals surface area contributed by atoms with Gasteiger partial charge in [0.2, 0.25) is 5.91 Å². The zero-order valence-corrected chi connectivity index (χ0v) is 13.9. The van der Waals surface area contributed by atoms with Crippen LogP contribution in [-0.2, 0) is 4.79 Å². The van der Waals surface area contributed by atoms with Gasteiger partial charge in [-0.05, 0) is 32.0 Å². The minimum Gasteiger partial charge on any atom is -0.326 e. The van der Waals surface area contributed by atoms with Crippen molar-refractivity contribution in [3.8, 4) is 11.3 Å². The molecule has 1 aromatic carbocycles. The first-order valence-corrected chi connectivity index (χ1v) is 8.31. The number of hydrogen-bond acceptors (Lipinski definition) is 4. The second kappa shape index (κ2) is 6.75. The Morgan fingerprint density at radius 2 is 2.13 bits per heavy atom. The summed E-state index contributed by atoms with van der Waals surface area (Å²) in [5, 5.41) is 10.2. The third-order valence-electron chi connectivity index (χ3n) is 3.54. The van der Waals surface area contributed by atoms with E-state index in [1.54, 1.807) is 22.2 Å². The topological polar surface area (TPSA) is 59.8 Å². The number of carbonyl (C=O) groups excluding carboxylic acids is 1. The van der Waals surface area contributed by atoms with Gasteiger partial charge in [0.1, 0.15) is 0 Å². The zero-order valence-electron chi connectivity index (χ0n) is 13.1. The number of hydrogen-bond donors (Lipinski definition) is 1. The molecule has 1 N–H and O–H groups in total. The summed E-state index contributed by atoms with van der Waals surface area (Å²) < 4.78 is 1.78. The molecule has 0 aliphatic heterocycles.